The summed E-state index contributed by atoms with van der Waals surface area (Å²) in [4.78, 5) is 10.5. The molecular weight excluding hydrogens is 370 g/mol. The van der Waals surface area contributed by atoms with Crippen LogP contribution in [0.25, 0.3) is 0 Å². The normalized spacial score (nSPS) is 11.6. The van der Waals surface area contributed by atoms with Crippen LogP contribution in [0.3, 0.4) is 0 Å². The van der Waals surface area contributed by atoms with Gasteiger partial charge in [-0.3, -0.25) is 0 Å². The predicted molar refractivity (Wildman–Crippen MR) is 113 cm³/mol. The molecule has 8 heteroatoms. The van der Waals surface area contributed by atoms with Crippen molar-refractivity contribution < 1.29 is 0 Å². The molecule has 0 saturated heterocycles. The van der Waals surface area contributed by atoms with Crippen LogP contribution in [0.4, 0.5) is 0 Å². The van der Waals surface area contributed by atoms with Gasteiger partial charge in [-0.15, -0.1) is 21.5 Å². The molecule has 0 fully saturated rings. The Kier molecular flexibility index (Phi) is 7.13. The van der Waals surface area contributed by atoms with E-state index in [0.717, 1.165) is 42.0 Å². The Hall–Kier alpha value is -2.74. The van der Waals surface area contributed by atoms with Crippen molar-refractivity contribution in [2.45, 2.75) is 39.8 Å². The van der Waals surface area contributed by atoms with E-state index in [4.69, 9.17) is 4.99 Å². The summed E-state index contributed by atoms with van der Waals surface area (Å²) in [6.07, 6.45) is 3.88. The molecule has 2 N–H and O–H groups in total. The van der Waals surface area contributed by atoms with Crippen molar-refractivity contribution in [3.63, 3.8) is 0 Å². The largest absolute Gasteiger partial charge is 0.356 e. The summed E-state index contributed by atoms with van der Waals surface area (Å²) in [5, 5.41) is 16.2. The van der Waals surface area contributed by atoms with Crippen LogP contribution in [0.5, 0.6) is 0 Å². The van der Waals surface area contributed by atoms with Crippen LogP contribution in [-0.2, 0) is 33.0 Å². The molecule has 0 spiro atoms. The lowest BCUT2D eigenvalue weighted by molar-refractivity contribution is 0.712. The first-order chi connectivity index (χ1) is 13.7. The highest BCUT2D eigenvalue weighted by atomic mass is 32.1. The fourth-order valence-corrected chi connectivity index (χ4v) is 3.47. The van der Waals surface area contributed by atoms with E-state index in [1.807, 2.05) is 42.9 Å². The van der Waals surface area contributed by atoms with Gasteiger partial charge in [0.1, 0.15) is 5.82 Å². The molecule has 3 rings (SSSR count). The van der Waals surface area contributed by atoms with E-state index >= 15 is 0 Å². The third kappa shape index (κ3) is 5.63. The van der Waals surface area contributed by atoms with Gasteiger partial charge in [0.15, 0.2) is 11.8 Å². The summed E-state index contributed by atoms with van der Waals surface area (Å²) in [6.45, 7) is 6.05. The fourth-order valence-electron chi connectivity index (χ4n) is 2.61. The minimum Gasteiger partial charge on any atom is -0.356 e. The van der Waals surface area contributed by atoms with Gasteiger partial charge < -0.3 is 15.2 Å². The van der Waals surface area contributed by atoms with Gasteiger partial charge >= 0.3 is 0 Å². The van der Waals surface area contributed by atoms with E-state index < -0.39 is 0 Å². The molecule has 0 bridgehead atoms. The smallest absolute Gasteiger partial charge is 0.191 e. The van der Waals surface area contributed by atoms with E-state index in [9.17, 15) is 0 Å². The third-order valence-corrected chi connectivity index (χ3v) is 5.64. The van der Waals surface area contributed by atoms with E-state index in [1.165, 1.54) is 10.4 Å². The van der Waals surface area contributed by atoms with Gasteiger partial charge in [-0.2, -0.15) is 0 Å². The summed E-state index contributed by atoms with van der Waals surface area (Å²) in [6, 6.07) is 10.2. The van der Waals surface area contributed by atoms with Gasteiger partial charge in [-0.05, 0) is 18.9 Å². The summed E-state index contributed by atoms with van der Waals surface area (Å²) >= 11 is 1.78. The Balaban J connectivity index is 1.60. The molecule has 0 unspecified atom stereocenters. The van der Waals surface area contributed by atoms with Crippen LogP contribution in [0.2, 0.25) is 0 Å². The van der Waals surface area contributed by atoms with Crippen LogP contribution in [0.1, 0.15) is 34.0 Å². The molecule has 7 nitrogen and oxygen atoms in total. The molecule has 3 aromatic rings. The van der Waals surface area contributed by atoms with Crippen molar-refractivity contribution in [1.82, 2.24) is 30.4 Å². The number of nitrogens with one attached hydrogen (secondary N) is 2. The number of hydrogen-bond acceptors (Lipinski definition) is 5. The number of aryl methyl sites for hydroxylation is 2. The zero-order chi connectivity index (χ0) is 19.8. The Labute approximate surface area is 170 Å². The van der Waals surface area contributed by atoms with Crippen LogP contribution >= 0.6 is 11.3 Å². The lowest BCUT2D eigenvalue weighted by atomic mass is 10.2. The lowest BCUT2D eigenvalue weighted by Gasteiger charge is -2.12. The molecule has 0 atom stereocenters. The highest BCUT2D eigenvalue weighted by Crippen LogP contribution is 2.13. The first kappa shape index (κ1) is 20.0. The number of aromatic nitrogens is 4. The van der Waals surface area contributed by atoms with Gasteiger partial charge in [0.2, 0.25) is 0 Å². The van der Waals surface area contributed by atoms with Gasteiger partial charge in [0.25, 0.3) is 0 Å². The van der Waals surface area contributed by atoms with Gasteiger partial charge in [0, 0.05) is 31.1 Å². The molecule has 2 aromatic heterocycles. The molecule has 28 heavy (non-hydrogen) atoms. The number of thiazole rings is 1. The Morgan fingerprint density at radius 3 is 2.68 bits per heavy atom. The number of benzene rings is 1. The van der Waals surface area contributed by atoms with Crippen molar-refractivity contribution in [1.29, 1.82) is 0 Å². The van der Waals surface area contributed by atoms with Crippen LogP contribution in [0.15, 0.2) is 41.5 Å². The molecule has 0 amide bonds. The minimum atomic E-state index is 0.565. The summed E-state index contributed by atoms with van der Waals surface area (Å²) in [5.41, 5.74) is 1.17. The molecule has 0 aliphatic heterocycles. The fraction of sp³-hybridized carbons (Fsp3) is 0.400. The molecule has 0 saturated carbocycles. The quantitative estimate of drug-likeness (QED) is 0.451. The summed E-state index contributed by atoms with van der Waals surface area (Å²) in [7, 11) is 1.97. The minimum absolute atomic E-state index is 0.565. The summed E-state index contributed by atoms with van der Waals surface area (Å²) in [5.74, 6) is 2.53. The maximum Gasteiger partial charge on any atom is 0.191 e. The van der Waals surface area contributed by atoms with E-state index in [2.05, 4.69) is 44.9 Å². The average molecular weight is 398 g/mol. The number of rotatable bonds is 8. The van der Waals surface area contributed by atoms with E-state index in [-0.39, 0.29) is 0 Å². The number of aliphatic imine (C=N–C) groups is 1. The number of guanidine groups is 1. The highest BCUT2D eigenvalue weighted by Gasteiger charge is 2.07. The molecule has 0 aliphatic carbocycles. The van der Waals surface area contributed by atoms with Gasteiger partial charge in [-0.25, -0.2) is 9.98 Å². The van der Waals surface area contributed by atoms with Crippen molar-refractivity contribution in [2.75, 3.05) is 6.54 Å². The standard InChI is InChI=1S/C20H27N7S/c1-4-17-13-22-19(28-17)10-11-21-20(23-12-16-8-6-5-7-9-16)24-14-18-26-25-15(2)27(18)3/h5-9,13H,4,10-12,14H2,1-3H3,(H2,21,23,24). The second-order valence-corrected chi connectivity index (χ2v) is 7.68. The molecule has 1 aromatic carbocycles. The molecule has 2 heterocycles. The van der Waals surface area contributed by atoms with Gasteiger partial charge in [0.05, 0.1) is 18.1 Å². The maximum atomic E-state index is 4.72. The van der Waals surface area contributed by atoms with Crippen molar-refractivity contribution in [3.05, 3.63) is 63.6 Å². The second-order valence-electron chi connectivity index (χ2n) is 6.48. The predicted octanol–water partition coefficient (Wildman–Crippen LogP) is 2.62. The summed E-state index contributed by atoms with van der Waals surface area (Å²) < 4.78 is 1.98. The van der Waals surface area contributed by atoms with Crippen LogP contribution in [0, 0.1) is 6.92 Å². The Bertz CT molecular complexity index is 898. The van der Waals surface area contributed by atoms with Crippen LogP contribution < -0.4 is 10.6 Å². The highest BCUT2D eigenvalue weighted by molar-refractivity contribution is 7.11. The van der Waals surface area contributed by atoms with E-state index in [0.29, 0.717) is 13.1 Å². The van der Waals surface area contributed by atoms with Crippen molar-refractivity contribution in [3.8, 4) is 0 Å². The topological polar surface area (TPSA) is 80.0 Å². The lowest BCUT2D eigenvalue weighted by Crippen LogP contribution is -2.38. The molecule has 148 valence electrons. The molecular formula is C20H27N7S. The number of nitrogens with zero attached hydrogens (tertiary/aromatic N) is 5. The van der Waals surface area contributed by atoms with Crippen molar-refractivity contribution >= 4 is 17.3 Å². The van der Waals surface area contributed by atoms with Crippen molar-refractivity contribution in [2.24, 2.45) is 12.0 Å². The Morgan fingerprint density at radius 1 is 1.18 bits per heavy atom. The molecule has 0 aliphatic rings. The Morgan fingerprint density at radius 2 is 2.00 bits per heavy atom. The number of hydrogen-bond donors (Lipinski definition) is 2. The monoisotopic (exact) mass is 397 g/mol. The maximum absolute atomic E-state index is 4.72. The zero-order valence-electron chi connectivity index (χ0n) is 16.6. The van der Waals surface area contributed by atoms with E-state index in [1.54, 1.807) is 11.3 Å². The first-order valence-corrected chi connectivity index (χ1v) is 10.3. The average Bonchev–Trinajstić information content (AvgIpc) is 3.31. The van der Waals surface area contributed by atoms with Crippen LogP contribution in [-0.4, -0.2) is 32.3 Å². The SMILES string of the molecule is CCc1cnc(CCNC(=NCc2ccccc2)NCc2nnc(C)n2C)s1. The third-order valence-electron chi connectivity index (χ3n) is 4.44. The van der Waals surface area contributed by atoms with Gasteiger partial charge in [-0.1, -0.05) is 37.3 Å². The second kappa shape index (κ2) is 9.98. The first-order valence-electron chi connectivity index (χ1n) is 9.50. The zero-order valence-corrected chi connectivity index (χ0v) is 17.5. The molecule has 0 radical (unpaired) electrons.